The number of carbonyl (C=O) groups excluding carboxylic acids is 2. The predicted octanol–water partition coefficient (Wildman–Crippen LogP) is 4.16. The highest BCUT2D eigenvalue weighted by Crippen LogP contribution is 2.44. The second kappa shape index (κ2) is 10.1. The maximum atomic E-state index is 13.1. The fourth-order valence-corrected chi connectivity index (χ4v) is 4.98. The molecule has 0 saturated carbocycles. The molecule has 33 heavy (non-hydrogen) atoms. The zero-order chi connectivity index (χ0) is 23.4. The number of nitrogens with one attached hydrogen (secondary N) is 1. The molecule has 0 bridgehead atoms. The van der Waals surface area contributed by atoms with Gasteiger partial charge in [0.15, 0.2) is 0 Å². The number of ether oxygens (including phenoxy) is 1. The van der Waals surface area contributed by atoms with Crippen LogP contribution in [0, 0.1) is 0 Å². The minimum atomic E-state index is -1.00. The normalized spacial score (nSPS) is 18.2. The molecule has 2 N–H and O–H groups in total. The van der Waals surface area contributed by atoms with Crippen molar-refractivity contribution < 1.29 is 24.2 Å². The Labute approximate surface area is 193 Å². The number of rotatable bonds is 7. The van der Waals surface area contributed by atoms with Crippen LogP contribution in [0.3, 0.4) is 0 Å². The van der Waals surface area contributed by atoms with E-state index in [1.54, 1.807) is 0 Å². The summed E-state index contributed by atoms with van der Waals surface area (Å²) in [6.45, 7) is 2.47. The van der Waals surface area contributed by atoms with Gasteiger partial charge in [0.2, 0.25) is 5.91 Å². The second-order valence-corrected chi connectivity index (χ2v) is 8.69. The summed E-state index contributed by atoms with van der Waals surface area (Å²) in [6, 6.07) is 14.6. The molecular formula is C26H30N2O5. The Morgan fingerprint density at radius 2 is 1.70 bits per heavy atom. The third kappa shape index (κ3) is 4.72. The van der Waals surface area contributed by atoms with Gasteiger partial charge in [0.05, 0.1) is 0 Å². The third-order valence-electron chi connectivity index (χ3n) is 6.58. The van der Waals surface area contributed by atoms with Crippen molar-refractivity contribution in [2.24, 2.45) is 0 Å². The van der Waals surface area contributed by atoms with Gasteiger partial charge in [0.25, 0.3) is 0 Å². The van der Waals surface area contributed by atoms with Gasteiger partial charge in [-0.3, -0.25) is 4.79 Å². The zero-order valence-electron chi connectivity index (χ0n) is 18.8. The van der Waals surface area contributed by atoms with Gasteiger partial charge in [-0.25, -0.2) is 9.59 Å². The van der Waals surface area contributed by atoms with E-state index in [2.05, 4.69) is 17.4 Å². The molecule has 2 amide bonds. The molecule has 0 spiro atoms. The average Bonchev–Trinajstić information content (AvgIpc) is 3.15. The molecule has 7 heteroatoms. The Morgan fingerprint density at radius 1 is 1.06 bits per heavy atom. The lowest BCUT2D eigenvalue weighted by Crippen LogP contribution is -2.55. The molecule has 2 aromatic carbocycles. The highest BCUT2D eigenvalue weighted by atomic mass is 16.5. The first-order valence-corrected chi connectivity index (χ1v) is 11.7. The van der Waals surface area contributed by atoms with E-state index in [0.717, 1.165) is 35.1 Å². The standard InChI is InChI=1S/C26H30N2O5/c1-2-9-22(24(29)28-15-8-7-14-23(28)25(30)31)27-26(32)33-16-21-19-12-5-3-10-17(19)18-11-4-6-13-20(18)21/h3-6,10-13,21-23H,2,7-9,14-16H2,1H3,(H,27,32)(H,30,31)/t22-,23?/m0/s1. The fraction of sp³-hybridized carbons (Fsp3) is 0.423. The molecule has 4 rings (SSSR count). The van der Waals surface area contributed by atoms with Gasteiger partial charge in [-0.05, 0) is 47.9 Å². The zero-order valence-corrected chi connectivity index (χ0v) is 18.8. The number of carboxylic acids is 1. The van der Waals surface area contributed by atoms with Crippen LogP contribution in [0.15, 0.2) is 48.5 Å². The van der Waals surface area contributed by atoms with Crippen molar-refractivity contribution >= 4 is 18.0 Å². The number of likely N-dealkylation sites (tertiary alicyclic amines) is 1. The molecule has 0 radical (unpaired) electrons. The van der Waals surface area contributed by atoms with Crippen LogP contribution in [-0.2, 0) is 14.3 Å². The second-order valence-electron chi connectivity index (χ2n) is 8.69. The van der Waals surface area contributed by atoms with Crippen molar-refractivity contribution in [3.05, 3.63) is 59.7 Å². The molecular weight excluding hydrogens is 420 g/mol. The Bertz CT molecular complexity index is 991. The van der Waals surface area contributed by atoms with Crippen LogP contribution in [0.2, 0.25) is 0 Å². The largest absolute Gasteiger partial charge is 0.480 e. The maximum Gasteiger partial charge on any atom is 0.407 e. The molecule has 1 aliphatic heterocycles. The van der Waals surface area contributed by atoms with E-state index in [-0.39, 0.29) is 18.4 Å². The smallest absolute Gasteiger partial charge is 0.407 e. The number of amides is 2. The van der Waals surface area contributed by atoms with E-state index in [0.29, 0.717) is 25.8 Å². The van der Waals surface area contributed by atoms with Crippen LogP contribution in [0.4, 0.5) is 4.79 Å². The van der Waals surface area contributed by atoms with Gasteiger partial charge in [0, 0.05) is 12.5 Å². The van der Waals surface area contributed by atoms with E-state index < -0.39 is 24.1 Å². The van der Waals surface area contributed by atoms with Crippen molar-refractivity contribution in [1.82, 2.24) is 10.2 Å². The Hall–Kier alpha value is -3.35. The lowest BCUT2D eigenvalue weighted by molar-refractivity contribution is -0.153. The molecule has 1 aliphatic carbocycles. The third-order valence-corrected chi connectivity index (χ3v) is 6.58. The first-order chi connectivity index (χ1) is 16.0. The summed E-state index contributed by atoms with van der Waals surface area (Å²) in [7, 11) is 0. The predicted molar refractivity (Wildman–Crippen MR) is 124 cm³/mol. The highest BCUT2D eigenvalue weighted by Gasteiger charge is 2.36. The van der Waals surface area contributed by atoms with Crippen LogP contribution in [0.1, 0.15) is 56.1 Å². The van der Waals surface area contributed by atoms with Gasteiger partial charge < -0.3 is 20.1 Å². The van der Waals surface area contributed by atoms with E-state index >= 15 is 0 Å². The molecule has 0 aromatic heterocycles. The molecule has 1 fully saturated rings. The fourth-order valence-electron chi connectivity index (χ4n) is 4.98. The van der Waals surface area contributed by atoms with Crippen LogP contribution < -0.4 is 5.32 Å². The van der Waals surface area contributed by atoms with Crippen LogP contribution >= 0.6 is 0 Å². The molecule has 2 atom stereocenters. The molecule has 1 unspecified atom stereocenters. The number of hydrogen-bond acceptors (Lipinski definition) is 4. The summed E-state index contributed by atoms with van der Waals surface area (Å²) in [5.41, 5.74) is 4.52. The van der Waals surface area contributed by atoms with E-state index in [1.807, 2.05) is 43.3 Å². The molecule has 7 nitrogen and oxygen atoms in total. The Kier molecular flexibility index (Phi) is 6.96. The van der Waals surface area contributed by atoms with E-state index in [9.17, 15) is 19.5 Å². The van der Waals surface area contributed by atoms with Crippen molar-refractivity contribution in [3.8, 4) is 11.1 Å². The van der Waals surface area contributed by atoms with Gasteiger partial charge in [-0.1, -0.05) is 61.9 Å². The van der Waals surface area contributed by atoms with Crippen LogP contribution in [0.25, 0.3) is 11.1 Å². The number of hydrogen-bond donors (Lipinski definition) is 2. The van der Waals surface area contributed by atoms with Crippen LogP contribution in [-0.4, -0.2) is 53.2 Å². The SMILES string of the molecule is CCC[C@H](NC(=O)OCC1c2ccccc2-c2ccccc21)C(=O)N1CCCCC1C(=O)O. The lowest BCUT2D eigenvalue weighted by atomic mass is 9.98. The number of nitrogens with zero attached hydrogens (tertiary/aromatic N) is 1. The summed E-state index contributed by atoms with van der Waals surface area (Å²) in [6.07, 6.45) is 2.41. The topological polar surface area (TPSA) is 95.9 Å². The minimum absolute atomic E-state index is 0.0676. The summed E-state index contributed by atoms with van der Waals surface area (Å²) in [4.78, 5) is 38.8. The quantitative estimate of drug-likeness (QED) is 0.660. The van der Waals surface area contributed by atoms with Crippen molar-refractivity contribution in [2.45, 2.75) is 57.0 Å². The minimum Gasteiger partial charge on any atom is -0.480 e. The number of aliphatic carboxylic acids is 1. The van der Waals surface area contributed by atoms with E-state index in [1.165, 1.54) is 4.90 Å². The number of carbonyl (C=O) groups is 3. The first-order valence-electron chi connectivity index (χ1n) is 11.7. The molecule has 1 heterocycles. The molecule has 2 aliphatic rings. The van der Waals surface area contributed by atoms with Gasteiger partial charge in [-0.15, -0.1) is 0 Å². The van der Waals surface area contributed by atoms with Gasteiger partial charge in [0.1, 0.15) is 18.7 Å². The molecule has 1 saturated heterocycles. The first kappa shape index (κ1) is 22.8. The monoisotopic (exact) mass is 450 g/mol. The van der Waals surface area contributed by atoms with Gasteiger partial charge in [-0.2, -0.15) is 0 Å². The summed E-state index contributed by atoms with van der Waals surface area (Å²) >= 11 is 0. The molecule has 174 valence electrons. The molecule has 2 aromatic rings. The van der Waals surface area contributed by atoms with Gasteiger partial charge >= 0.3 is 12.1 Å². The van der Waals surface area contributed by atoms with Crippen molar-refractivity contribution in [1.29, 1.82) is 0 Å². The number of piperidine rings is 1. The highest BCUT2D eigenvalue weighted by molar-refractivity contribution is 5.89. The van der Waals surface area contributed by atoms with Crippen molar-refractivity contribution in [3.63, 3.8) is 0 Å². The lowest BCUT2D eigenvalue weighted by Gasteiger charge is -2.35. The maximum absolute atomic E-state index is 13.1. The summed E-state index contributed by atoms with van der Waals surface area (Å²) < 4.78 is 5.59. The Balaban J connectivity index is 1.43. The summed E-state index contributed by atoms with van der Waals surface area (Å²) in [5.74, 6) is -1.42. The number of benzene rings is 2. The van der Waals surface area contributed by atoms with Crippen LogP contribution in [0.5, 0.6) is 0 Å². The van der Waals surface area contributed by atoms with Crippen molar-refractivity contribution in [2.75, 3.05) is 13.2 Å². The number of fused-ring (bicyclic) bond motifs is 3. The van der Waals surface area contributed by atoms with E-state index in [4.69, 9.17) is 4.74 Å². The summed E-state index contributed by atoms with van der Waals surface area (Å²) in [5, 5.41) is 12.2. The number of alkyl carbamates (subject to hydrolysis) is 1. The average molecular weight is 451 g/mol. The number of carboxylic acid groups (broad SMARTS) is 1. The Morgan fingerprint density at radius 3 is 2.30 bits per heavy atom.